The van der Waals surface area contributed by atoms with Crippen LogP contribution in [0.1, 0.15) is 18.2 Å². The standard InChI is InChI=1S/C14H18ClN3OS/c1-4-19-10-5-6-12(16)13(7-10)20-8-11-9(2)17-18(3)14(11)15/h5-7H,4,8,16H2,1-3H3. The van der Waals surface area contributed by atoms with Crippen molar-refractivity contribution in [1.29, 1.82) is 0 Å². The summed E-state index contributed by atoms with van der Waals surface area (Å²) in [7, 11) is 1.84. The molecule has 1 heterocycles. The van der Waals surface area contributed by atoms with Crippen molar-refractivity contribution < 1.29 is 4.74 Å². The van der Waals surface area contributed by atoms with Crippen molar-refractivity contribution in [2.24, 2.45) is 7.05 Å². The molecule has 0 aliphatic rings. The van der Waals surface area contributed by atoms with Crippen molar-refractivity contribution >= 4 is 29.1 Å². The number of hydrogen-bond donors (Lipinski definition) is 1. The first kappa shape index (κ1) is 15.1. The van der Waals surface area contributed by atoms with Crippen LogP contribution < -0.4 is 10.5 Å². The van der Waals surface area contributed by atoms with E-state index < -0.39 is 0 Å². The predicted molar refractivity (Wildman–Crippen MR) is 84.5 cm³/mol. The van der Waals surface area contributed by atoms with Gasteiger partial charge in [0.05, 0.1) is 12.3 Å². The fourth-order valence-corrected chi connectivity index (χ4v) is 3.28. The fraction of sp³-hybridized carbons (Fsp3) is 0.357. The number of aromatic nitrogens is 2. The topological polar surface area (TPSA) is 53.1 Å². The minimum atomic E-state index is 0.640. The normalized spacial score (nSPS) is 10.8. The van der Waals surface area contributed by atoms with Gasteiger partial charge in [-0.15, -0.1) is 11.8 Å². The number of benzene rings is 1. The Kier molecular flexibility index (Phi) is 4.83. The summed E-state index contributed by atoms with van der Waals surface area (Å²) < 4.78 is 7.18. The molecule has 20 heavy (non-hydrogen) atoms. The molecule has 2 N–H and O–H groups in total. The maximum absolute atomic E-state index is 6.23. The van der Waals surface area contributed by atoms with Crippen molar-refractivity contribution in [2.45, 2.75) is 24.5 Å². The predicted octanol–water partition coefficient (Wildman–Crippen LogP) is 3.66. The summed E-state index contributed by atoms with van der Waals surface area (Å²) in [5.74, 6) is 1.57. The molecule has 0 spiro atoms. The summed E-state index contributed by atoms with van der Waals surface area (Å²) in [4.78, 5) is 0.996. The molecule has 0 saturated heterocycles. The minimum Gasteiger partial charge on any atom is -0.494 e. The molecule has 0 atom stereocenters. The summed E-state index contributed by atoms with van der Waals surface area (Å²) >= 11 is 7.87. The molecule has 2 rings (SSSR count). The first-order chi connectivity index (χ1) is 9.52. The van der Waals surface area contributed by atoms with Gasteiger partial charge in [0.2, 0.25) is 0 Å². The van der Waals surface area contributed by atoms with Gasteiger partial charge in [0, 0.05) is 28.9 Å². The molecule has 1 aromatic carbocycles. The number of anilines is 1. The third kappa shape index (κ3) is 3.22. The number of hydrogen-bond acceptors (Lipinski definition) is 4. The number of nitrogen functional groups attached to an aromatic ring is 1. The second-order valence-electron chi connectivity index (χ2n) is 4.40. The quantitative estimate of drug-likeness (QED) is 0.676. The lowest BCUT2D eigenvalue weighted by molar-refractivity contribution is 0.339. The van der Waals surface area contributed by atoms with Crippen LogP contribution in [0.5, 0.6) is 5.75 Å². The van der Waals surface area contributed by atoms with E-state index >= 15 is 0 Å². The van der Waals surface area contributed by atoms with Crippen molar-refractivity contribution in [2.75, 3.05) is 12.3 Å². The molecule has 0 aliphatic heterocycles. The van der Waals surface area contributed by atoms with Crippen LogP contribution in [-0.2, 0) is 12.8 Å². The Labute approximate surface area is 128 Å². The molecule has 0 bridgehead atoms. The third-order valence-electron chi connectivity index (χ3n) is 2.94. The van der Waals surface area contributed by atoms with Crippen LogP contribution in [-0.4, -0.2) is 16.4 Å². The van der Waals surface area contributed by atoms with E-state index in [1.54, 1.807) is 16.4 Å². The van der Waals surface area contributed by atoms with Crippen LogP contribution in [0, 0.1) is 6.92 Å². The highest BCUT2D eigenvalue weighted by molar-refractivity contribution is 7.98. The van der Waals surface area contributed by atoms with E-state index in [4.69, 9.17) is 22.1 Å². The summed E-state index contributed by atoms with van der Waals surface area (Å²) in [5.41, 5.74) is 8.74. The van der Waals surface area contributed by atoms with Crippen LogP contribution >= 0.6 is 23.4 Å². The summed E-state index contributed by atoms with van der Waals surface area (Å²) in [6, 6.07) is 5.71. The Morgan fingerprint density at radius 3 is 2.80 bits per heavy atom. The first-order valence-corrected chi connectivity index (χ1v) is 7.72. The van der Waals surface area contributed by atoms with Gasteiger partial charge in [0.15, 0.2) is 0 Å². The van der Waals surface area contributed by atoms with Crippen LogP contribution in [0.25, 0.3) is 0 Å². The van der Waals surface area contributed by atoms with Gasteiger partial charge in [-0.05, 0) is 32.0 Å². The molecule has 0 amide bonds. The third-order valence-corrected chi connectivity index (χ3v) is 4.51. The average Bonchev–Trinajstić information content (AvgIpc) is 2.65. The van der Waals surface area contributed by atoms with Crippen LogP contribution in [0.3, 0.4) is 0 Å². The zero-order valence-corrected chi connectivity index (χ0v) is 13.4. The molecule has 4 nitrogen and oxygen atoms in total. The Bertz CT molecular complexity index is 613. The second kappa shape index (κ2) is 6.41. The van der Waals surface area contributed by atoms with Gasteiger partial charge in [0.25, 0.3) is 0 Å². The molecule has 0 unspecified atom stereocenters. The van der Waals surface area contributed by atoms with E-state index in [0.717, 1.165) is 33.3 Å². The zero-order chi connectivity index (χ0) is 14.7. The maximum atomic E-state index is 6.23. The monoisotopic (exact) mass is 311 g/mol. The van der Waals surface area contributed by atoms with Crippen LogP contribution in [0.2, 0.25) is 5.15 Å². The number of nitrogens with zero attached hydrogens (tertiary/aromatic N) is 2. The van der Waals surface area contributed by atoms with E-state index in [0.29, 0.717) is 11.8 Å². The average molecular weight is 312 g/mol. The Hall–Kier alpha value is -1.33. The Morgan fingerprint density at radius 1 is 1.45 bits per heavy atom. The maximum Gasteiger partial charge on any atom is 0.131 e. The van der Waals surface area contributed by atoms with Crippen LogP contribution in [0.15, 0.2) is 23.1 Å². The smallest absolute Gasteiger partial charge is 0.131 e. The highest BCUT2D eigenvalue weighted by atomic mass is 35.5. The van der Waals surface area contributed by atoms with Gasteiger partial charge in [-0.25, -0.2) is 0 Å². The first-order valence-electron chi connectivity index (χ1n) is 6.36. The van der Waals surface area contributed by atoms with E-state index in [2.05, 4.69) is 5.10 Å². The molecule has 0 aliphatic carbocycles. The molecule has 2 aromatic rings. The summed E-state index contributed by atoms with van der Waals surface area (Å²) in [5, 5.41) is 4.98. The van der Waals surface area contributed by atoms with E-state index in [9.17, 15) is 0 Å². The summed E-state index contributed by atoms with van der Waals surface area (Å²) in [6.07, 6.45) is 0. The lowest BCUT2D eigenvalue weighted by Crippen LogP contribution is -1.94. The second-order valence-corrected chi connectivity index (χ2v) is 5.77. The Balaban J connectivity index is 2.16. The van der Waals surface area contributed by atoms with Gasteiger partial charge in [-0.1, -0.05) is 11.6 Å². The van der Waals surface area contributed by atoms with E-state index in [-0.39, 0.29) is 0 Å². The molecule has 0 saturated carbocycles. The number of nitrogens with two attached hydrogens (primary N) is 1. The van der Waals surface area contributed by atoms with Gasteiger partial charge < -0.3 is 10.5 Å². The SMILES string of the molecule is CCOc1ccc(N)c(SCc2c(C)nn(C)c2Cl)c1. The molecule has 0 radical (unpaired) electrons. The number of aryl methyl sites for hydroxylation is 2. The number of rotatable bonds is 5. The number of halogens is 1. The zero-order valence-electron chi connectivity index (χ0n) is 11.8. The lowest BCUT2D eigenvalue weighted by Gasteiger charge is -2.09. The molecule has 0 fully saturated rings. The summed E-state index contributed by atoms with van der Waals surface area (Å²) in [6.45, 7) is 4.56. The highest BCUT2D eigenvalue weighted by Crippen LogP contribution is 2.33. The van der Waals surface area contributed by atoms with Crippen LogP contribution in [0.4, 0.5) is 5.69 Å². The highest BCUT2D eigenvalue weighted by Gasteiger charge is 2.12. The van der Waals surface area contributed by atoms with Crippen molar-refractivity contribution in [3.63, 3.8) is 0 Å². The fourth-order valence-electron chi connectivity index (χ4n) is 1.88. The molecular formula is C14H18ClN3OS. The molecule has 1 aromatic heterocycles. The molecule has 6 heteroatoms. The van der Waals surface area contributed by atoms with Crippen molar-refractivity contribution in [3.8, 4) is 5.75 Å². The molecular weight excluding hydrogens is 294 g/mol. The van der Waals surface area contributed by atoms with E-state index in [1.807, 2.05) is 39.1 Å². The van der Waals surface area contributed by atoms with Gasteiger partial charge >= 0.3 is 0 Å². The lowest BCUT2D eigenvalue weighted by atomic mass is 10.3. The molecule has 108 valence electrons. The number of thioether (sulfide) groups is 1. The van der Waals surface area contributed by atoms with Gasteiger partial charge in [0.1, 0.15) is 10.9 Å². The van der Waals surface area contributed by atoms with Gasteiger partial charge in [-0.3, -0.25) is 4.68 Å². The largest absolute Gasteiger partial charge is 0.494 e. The Morgan fingerprint density at radius 2 is 2.20 bits per heavy atom. The van der Waals surface area contributed by atoms with Crippen molar-refractivity contribution in [3.05, 3.63) is 34.6 Å². The van der Waals surface area contributed by atoms with Gasteiger partial charge in [-0.2, -0.15) is 5.10 Å². The minimum absolute atomic E-state index is 0.640. The van der Waals surface area contributed by atoms with E-state index in [1.165, 1.54) is 0 Å². The number of ether oxygens (including phenoxy) is 1. The van der Waals surface area contributed by atoms with Crippen molar-refractivity contribution in [1.82, 2.24) is 9.78 Å².